The van der Waals surface area contributed by atoms with Crippen LogP contribution in [0.2, 0.25) is 0 Å². The van der Waals surface area contributed by atoms with Crippen LogP contribution in [0.5, 0.6) is 5.75 Å². The Morgan fingerprint density at radius 2 is 2.09 bits per heavy atom. The third kappa shape index (κ3) is 5.00. The monoisotopic (exact) mass is 306 g/mol. The van der Waals surface area contributed by atoms with Gasteiger partial charge in [0.1, 0.15) is 5.75 Å². The first kappa shape index (κ1) is 16.8. The number of likely N-dealkylation sites (N-methyl/N-ethyl adjacent to an activating group) is 1. The molecule has 5 heteroatoms. The topological polar surface area (TPSA) is 70.6 Å². The Morgan fingerprint density at radius 1 is 1.36 bits per heavy atom. The Hall–Kier alpha value is -1.59. The fourth-order valence-electron chi connectivity index (χ4n) is 2.87. The van der Waals surface area contributed by atoms with Crippen molar-refractivity contribution >= 4 is 5.91 Å². The van der Waals surface area contributed by atoms with Crippen LogP contribution in [-0.2, 0) is 11.3 Å². The molecule has 1 aromatic carbocycles. The standard InChI is InChI=1S/C17H26N2O3/c1-18-17(21)12-22-16-9-5-4-8-14(16)10-19-11-15(20)13-6-2-3-7-13/h4-5,8-9,13,15,19-20H,2-3,6-7,10-12H2,1H3,(H,18,21). The molecule has 1 aromatic rings. The predicted octanol–water partition coefficient (Wildman–Crippen LogP) is 1.45. The lowest BCUT2D eigenvalue weighted by Crippen LogP contribution is -2.31. The number of ether oxygens (including phenoxy) is 1. The van der Waals surface area contributed by atoms with E-state index in [4.69, 9.17) is 4.74 Å². The van der Waals surface area contributed by atoms with Crippen molar-refractivity contribution in [3.05, 3.63) is 29.8 Å². The molecule has 122 valence electrons. The van der Waals surface area contributed by atoms with E-state index >= 15 is 0 Å². The summed E-state index contributed by atoms with van der Waals surface area (Å²) in [4.78, 5) is 11.3. The van der Waals surface area contributed by atoms with Gasteiger partial charge in [-0.05, 0) is 24.8 Å². The maximum atomic E-state index is 11.3. The van der Waals surface area contributed by atoms with E-state index in [1.165, 1.54) is 12.8 Å². The van der Waals surface area contributed by atoms with Crippen LogP contribution >= 0.6 is 0 Å². The number of aliphatic hydroxyl groups is 1. The number of hydrogen-bond donors (Lipinski definition) is 3. The van der Waals surface area contributed by atoms with Crippen molar-refractivity contribution in [2.24, 2.45) is 5.92 Å². The molecule has 22 heavy (non-hydrogen) atoms. The number of rotatable bonds is 8. The largest absolute Gasteiger partial charge is 0.483 e. The molecule has 0 aromatic heterocycles. The quantitative estimate of drug-likeness (QED) is 0.680. The number of amides is 1. The molecule has 1 amide bonds. The molecule has 2 rings (SSSR count). The molecular formula is C17H26N2O3. The Bertz CT molecular complexity index is 473. The Kier molecular flexibility index (Phi) is 6.68. The fourth-order valence-corrected chi connectivity index (χ4v) is 2.87. The van der Waals surface area contributed by atoms with E-state index in [1.807, 2.05) is 24.3 Å². The summed E-state index contributed by atoms with van der Waals surface area (Å²) >= 11 is 0. The molecule has 0 saturated heterocycles. The first-order valence-electron chi connectivity index (χ1n) is 8.00. The zero-order valence-corrected chi connectivity index (χ0v) is 13.2. The highest BCUT2D eigenvalue weighted by molar-refractivity contribution is 5.77. The van der Waals surface area contributed by atoms with Gasteiger partial charge >= 0.3 is 0 Å². The number of carbonyl (C=O) groups excluding carboxylic acids is 1. The van der Waals surface area contributed by atoms with Gasteiger partial charge in [-0.15, -0.1) is 0 Å². The highest BCUT2D eigenvalue weighted by Gasteiger charge is 2.22. The normalized spacial score (nSPS) is 16.5. The summed E-state index contributed by atoms with van der Waals surface area (Å²) in [6.45, 7) is 1.22. The first-order valence-corrected chi connectivity index (χ1v) is 8.00. The molecule has 1 saturated carbocycles. The maximum absolute atomic E-state index is 11.3. The van der Waals surface area contributed by atoms with Gasteiger partial charge in [0.2, 0.25) is 0 Å². The molecule has 0 heterocycles. The highest BCUT2D eigenvalue weighted by atomic mass is 16.5. The number of para-hydroxylation sites is 1. The van der Waals surface area contributed by atoms with Crippen LogP contribution in [0.3, 0.4) is 0 Å². The van der Waals surface area contributed by atoms with Crippen molar-refractivity contribution in [3.63, 3.8) is 0 Å². The number of benzene rings is 1. The lowest BCUT2D eigenvalue weighted by molar-refractivity contribution is -0.122. The first-order chi connectivity index (χ1) is 10.7. The molecule has 1 fully saturated rings. The Labute approximate surface area is 132 Å². The van der Waals surface area contributed by atoms with Crippen LogP contribution in [0, 0.1) is 5.92 Å². The van der Waals surface area contributed by atoms with Gasteiger partial charge in [-0.1, -0.05) is 31.0 Å². The molecule has 5 nitrogen and oxygen atoms in total. The van der Waals surface area contributed by atoms with E-state index in [-0.39, 0.29) is 18.6 Å². The minimum absolute atomic E-state index is 0.0121. The van der Waals surface area contributed by atoms with Crippen LogP contribution < -0.4 is 15.4 Å². The molecular weight excluding hydrogens is 280 g/mol. The third-order valence-corrected chi connectivity index (χ3v) is 4.22. The van der Waals surface area contributed by atoms with Crippen LogP contribution in [-0.4, -0.2) is 37.3 Å². The molecule has 0 bridgehead atoms. The zero-order chi connectivity index (χ0) is 15.8. The molecule has 1 aliphatic rings. The van der Waals surface area contributed by atoms with E-state index < -0.39 is 0 Å². The average Bonchev–Trinajstić information content (AvgIpc) is 3.08. The molecule has 0 radical (unpaired) electrons. The lowest BCUT2D eigenvalue weighted by Gasteiger charge is -2.18. The van der Waals surface area contributed by atoms with Crippen molar-refractivity contribution in [3.8, 4) is 5.75 Å². The van der Waals surface area contributed by atoms with Gasteiger partial charge in [-0.3, -0.25) is 4.79 Å². The summed E-state index contributed by atoms with van der Waals surface area (Å²) in [7, 11) is 1.59. The van der Waals surface area contributed by atoms with Gasteiger partial charge in [-0.25, -0.2) is 0 Å². The summed E-state index contributed by atoms with van der Waals surface area (Å²) in [5.41, 5.74) is 0.991. The average molecular weight is 306 g/mol. The fraction of sp³-hybridized carbons (Fsp3) is 0.588. The van der Waals surface area contributed by atoms with E-state index in [9.17, 15) is 9.90 Å². The maximum Gasteiger partial charge on any atom is 0.257 e. The highest BCUT2D eigenvalue weighted by Crippen LogP contribution is 2.27. The van der Waals surface area contributed by atoms with Gasteiger partial charge in [0.25, 0.3) is 5.91 Å². The molecule has 1 aliphatic carbocycles. The van der Waals surface area contributed by atoms with Gasteiger partial charge in [-0.2, -0.15) is 0 Å². The number of nitrogens with one attached hydrogen (secondary N) is 2. The number of aliphatic hydroxyl groups excluding tert-OH is 1. The van der Waals surface area contributed by atoms with Gasteiger partial charge in [0.15, 0.2) is 6.61 Å². The number of hydrogen-bond acceptors (Lipinski definition) is 4. The summed E-state index contributed by atoms with van der Waals surface area (Å²) in [6, 6.07) is 7.65. The molecule has 1 atom stereocenters. The Morgan fingerprint density at radius 3 is 2.82 bits per heavy atom. The van der Waals surface area contributed by atoms with Gasteiger partial charge < -0.3 is 20.5 Å². The van der Waals surface area contributed by atoms with E-state index in [0.29, 0.717) is 24.8 Å². The third-order valence-electron chi connectivity index (χ3n) is 4.22. The summed E-state index contributed by atoms with van der Waals surface area (Å²) in [5, 5.41) is 16.0. The SMILES string of the molecule is CNC(=O)COc1ccccc1CNCC(O)C1CCCC1. The van der Waals surface area contributed by atoms with Crippen LogP contribution in [0.4, 0.5) is 0 Å². The smallest absolute Gasteiger partial charge is 0.257 e. The summed E-state index contributed by atoms with van der Waals surface area (Å²) in [5.74, 6) is 0.987. The van der Waals surface area contributed by atoms with Crippen molar-refractivity contribution in [1.82, 2.24) is 10.6 Å². The van der Waals surface area contributed by atoms with E-state index in [0.717, 1.165) is 18.4 Å². The second kappa shape index (κ2) is 8.76. The zero-order valence-electron chi connectivity index (χ0n) is 13.2. The van der Waals surface area contributed by atoms with Crippen molar-refractivity contribution in [2.75, 3.05) is 20.2 Å². The van der Waals surface area contributed by atoms with Crippen LogP contribution in [0.1, 0.15) is 31.2 Å². The molecule has 1 unspecified atom stereocenters. The van der Waals surface area contributed by atoms with Crippen molar-refractivity contribution in [1.29, 1.82) is 0 Å². The Balaban J connectivity index is 1.80. The molecule has 0 aliphatic heterocycles. The minimum Gasteiger partial charge on any atom is -0.483 e. The molecule has 0 spiro atoms. The van der Waals surface area contributed by atoms with Crippen LogP contribution in [0.25, 0.3) is 0 Å². The summed E-state index contributed by atoms with van der Waals surface area (Å²) in [6.07, 6.45) is 4.46. The van der Waals surface area contributed by atoms with Gasteiger partial charge in [0, 0.05) is 25.7 Å². The summed E-state index contributed by atoms with van der Waals surface area (Å²) < 4.78 is 5.53. The van der Waals surface area contributed by atoms with Crippen molar-refractivity contribution < 1.29 is 14.6 Å². The predicted molar refractivity (Wildman–Crippen MR) is 85.7 cm³/mol. The van der Waals surface area contributed by atoms with E-state index in [2.05, 4.69) is 10.6 Å². The number of carbonyl (C=O) groups is 1. The van der Waals surface area contributed by atoms with E-state index in [1.54, 1.807) is 7.05 Å². The minimum atomic E-state index is -0.276. The van der Waals surface area contributed by atoms with Crippen LogP contribution in [0.15, 0.2) is 24.3 Å². The second-order valence-corrected chi connectivity index (χ2v) is 5.81. The van der Waals surface area contributed by atoms with Crippen molar-refractivity contribution in [2.45, 2.75) is 38.3 Å². The second-order valence-electron chi connectivity index (χ2n) is 5.81. The van der Waals surface area contributed by atoms with Gasteiger partial charge in [0.05, 0.1) is 6.10 Å². The lowest BCUT2D eigenvalue weighted by atomic mass is 10.0. The molecule has 3 N–H and O–H groups in total.